The first-order chi connectivity index (χ1) is 9.38. The van der Waals surface area contributed by atoms with E-state index < -0.39 is 28.0 Å². The Hall–Kier alpha value is -2.18. The second-order valence-corrected chi connectivity index (χ2v) is 5.14. The van der Waals surface area contributed by atoms with Gasteiger partial charge < -0.3 is 10.4 Å². The predicted molar refractivity (Wildman–Crippen MR) is 70.4 cm³/mol. The number of carbonyl (C=O) groups is 1. The minimum absolute atomic E-state index is 0.0340. The molecule has 1 aliphatic rings. The summed E-state index contributed by atoms with van der Waals surface area (Å²) >= 11 is 0. The number of nitrogens with one attached hydrogen (secondary N) is 1. The van der Waals surface area contributed by atoms with Crippen LogP contribution in [0, 0.1) is 21.8 Å². The van der Waals surface area contributed by atoms with Crippen LogP contribution in [0.5, 0.6) is 0 Å². The number of halogens is 1. The number of hydrogen-bond acceptors (Lipinski definition) is 4. The van der Waals surface area contributed by atoms with Crippen LogP contribution in [-0.4, -0.2) is 22.0 Å². The van der Waals surface area contributed by atoms with Crippen molar-refractivity contribution >= 4 is 17.3 Å². The first kappa shape index (κ1) is 14.2. The summed E-state index contributed by atoms with van der Waals surface area (Å²) in [5.41, 5.74) is -0.978. The van der Waals surface area contributed by atoms with Gasteiger partial charge in [-0.2, -0.15) is 0 Å². The van der Waals surface area contributed by atoms with Crippen molar-refractivity contribution in [3.05, 3.63) is 33.6 Å². The van der Waals surface area contributed by atoms with Crippen molar-refractivity contribution < 1.29 is 19.2 Å². The SMILES string of the molecule is CC(CC1CC1)Nc1cc(C(=O)O)c(F)cc1[N+](=O)[O-]. The van der Waals surface area contributed by atoms with Crippen molar-refractivity contribution in [2.75, 3.05) is 5.32 Å². The normalized spacial score (nSPS) is 15.7. The highest BCUT2D eigenvalue weighted by Gasteiger charge is 2.26. The smallest absolute Gasteiger partial charge is 0.338 e. The third kappa shape index (κ3) is 3.23. The molecular weight excluding hydrogens is 267 g/mol. The van der Waals surface area contributed by atoms with Gasteiger partial charge in [-0.25, -0.2) is 9.18 Å². The Bertz CT molecular complexity index is 558. The lowest BCUT2D eigenvalue weighted by atomic mass is 10.1. The average molecular weight is 282 g/mol. The molecule has 6 nitrogen and oxygen atoms in total. The summed E-state index contributed by atoms with van der Waals surface area (Å²) in [6, 6.07) is 1.60. The zero-order chi connectivity index (χ0) is 14.9. The van der Waals surface area contributed by atoms with Crippen LogP contribution >= 0.6 is 0 Å². The van der Waals surface area contributed by atoms with Crippen molar-refractivity contribution in [2.45, 2.75) is 32.2 Å². The second-order valence-electron chi connectivity index (χ2n) is 5.14. The van der Waals surface area contributed by atoms with Crippen LogP contribution in [0.25, 0.3) is 0 Å². The number of nitro groups is 1. The molecule has 20 heavy (non-hydrogen) atoms. The Kier molecular flexibility index (Phi) is 3.87. The number of rotatable bonds is 6. The fraction of sp³-hybridized carbons (Fsp3) is 0.462. The van der Waals surface area contributed by atoms with Gasteiger partial charge in [-0.1, -0.05) is 12.8 Å². The fourth-order valence-corrected chi connectivity index (χ4v) is 2.17. The van der Waals surface area contributed by atoms with E-state index in [0.29, 0.717) is 12.0 Å². The molecule has 7 heteroatoms. The maximum absolute atomic E-state index is 13.5. The number of hydrogen-bond donors (Lipinski definition) is 2. The number of benzene rings is 1. The molecule has 108 valence electrons. The molecule has 0 heterocycles. The van der Waals surface area contributed by atoms with Crippen molar-refractivity contribution in [2.24, 2.45) is 5.92 Å². The van der Waals surface area contributed by atoms with Crippen molar-refractivity contribution in [1.82, 2.24) is 0 Å². The van der Waals surface area contributed by atoms with Gasteiger partial charge >= 0.3 is 5.97 Å². The van der Waals surface area contributed by atoms with Crippen LogP contribution in [0.15, 0.2) is 12.1 Å². The summed E-state index contributed by atoms with van der Waals surface area (Å²) in [5.74, 6) is -1.93. The molecule has 1 unspecified atom stereocenters. The molecule has 0 radical (unpaired) electrons. The van der Waals surface area contributed by atoms with Gasteiger partial charge in [-0.05, 0) is 25.3 Å². The Balaban J connectivity index is 2.29. The van der Waals surface area contributed by atoms with Crippen molar-refractivity contribution in [3.63, 3.8) is 0 Å². The van der Waals surface area contributed by atoms with E-state index in [2.05, 4.69) is 5.32 Å². The largest absolute Gasteiger partial charge is 0.478 e. The number of aromatic carboxylic acids is 1. The third-order valence-corrected chi connectivity index (χ3v) is 3.30. The number of carboxylic acid groups (broad SMARTS) is 1. The van der Waals surface area contributed by atoms with Crippen molar-refractivity contribution in [1.29, 1.82) is 0 Å². The molecule has 1 saturated carbocycles. The molecule has 0 aliphatic heterocycles. The van der Waals surface area contributed by atoms with Gasteiger partial charge in [0.1, 0.15) is 11.5 Å². The fourth-order valence-electron chi connectivity index (χ4n) is 2.17. The molecule has 1 aromatic rings. The van der Waals surface area contributed by atoms with E-state index in [1.165, 1.54) is 0 Å². The lowest BCUT2D eigenvalue weighted by Gasteiger charge is -2.15. The predicted octanol–water partition coefficient (Wildman–Crippen LogP) is 3.03. The number of nitrogens with zero attached hydrogens (tertiary/aromatic N) is 1. The van der Waals surface area contributed by atoms with E-state index in [0.717, 1.165) is 25.3 Å². The van der Waals surface area contributed by atoms with E-state index in [9.17, 15) is 19.3 Å². The molecule has 0 bridgehead atoms. The quantitative estimate of drug-likeness (QED) is 0.618. The van der Waals surface area contributed by atoms with Gasteiger partial charge in [-0.3, -0.25) is 10.1 Å². The monoisotopic (exact) mass is 282 g/mol. The summed E-state index contributed by atoms with van der Waals surface area (Å²) in [6.07, 6.45) is 3.16. The van der Waals surface area contributed by atoms with E-state index in [4.69, 9.17) is 5.11 Å². The molecule has 1 aromatic carbocycles. The standard InChI is InChI=1S/C13H15FN2O4/c1-7(4-8-2-3-8)15-11-5-9(13(17)18)10(14)6-12(11)16(19)20/h5-8,15H,2-4H2,1H3,(H,17,18). The molecular formula is C13H15FN2O4. The molecule has 1 aliphatic carbocycles. The Labute approximate surface area is 114 Å². The van der Waals surface area contributed by atoms with E-state index in [1.807, 2.05) is 6.92 Å². The van der Waals surface area contributed by atoms with Gasteiger partial charge in [0.05, 0.1) is 16.6 Å². The highest BCUT2D eigenvalue weighted by molar-refractivity contribution is 5.90. The van der Waals surface area contributed by atoms with E-state index in [-0.39, 0.29) is 11.7 Å². The van der Waals surface area contributed by atoms with Gasteiger partial charge in [-0.15, -0.1) is 0 Å². The summed E-state index contributed by atoms with van der Waals surface area (Å²) in [4.78, 5) is 21.1. The minimum Gasteiger partial charge on any atom is -0.478 e. The van der Waals surface area contributed by atoms with Gasteiger partial charge in [0.25, 0.3) is 5.69 Å². The number of nitro benzene ring substituents is 1. The number of anilines is 1. The van der Waals surface area contributed by atoms with E-state index >= 15 is 0 Å². The molecule has 0 aromatic heterocycles. The summed E-state index contributed by atoms with van der Waals surface area (Å²) in [7, 11) is 0. The second kappa shape index (κ2) is 5.44. The lowest BCUT2D eigenvalue weighted by Crippen LogP contribution is -2.17. The number of carboxylic acids is 1. The minimum atomic E-state index is -1.45. The molecule has 1 fully saturated rings. The molecule has 0 saturated heterocycles. The third-order valence-electron chi connectivity index (χ3n) is 3.30. The zero-order valence-corrected chi connectivity index (χ0v) is 10.9. The van der Waals surface area contributed by atoms with Gasteiger partial charge in [0.15, 0.2) is 0 Å². The maximum atomic E-state index is 13.5. The molecule has 0 amide bonds. The van der Waals surface area contributed by atoms with Crippen LogP contribution in [0.1, 0.15) is 36.5 Å². The first-order valence-electron chi connectivity index (χ1n) is 6.36. The highest BCUT2D eigenvalue weighted by Crippen LogP contribution is 2.35. The van der Waals surface area contributed by atoms with Gasteiger partial charge in [0, 0.05) is 6.04 Å². The van der Waals surface area contributed by atoms with E-state index in [1.54, 1.807) is 0 Å². The topological polar surface area (TPSA) is 92.5 Å². The Morgan fingerprint density at radius 1 is 1.60 bits per heavy atom. The van der Waals surface area contributed by atoms with Crippen LogP contribution < -0.4 is 5.32 Å². The van der Waals surface area contributed by atoms with Crippen LogP contribution in [-0.2, 0) is 0 Å². The maximum Gasteiger partial charge on any atom is 0.338 e. The van der Waals surface area contributed by atoms with Crippen LogP contribution in [0.4, 0.5) is 15.8 Å². The lowest BCUT2D eigenvalue weighted by molar-refractivity contribution is -0.384. The first-order valence-corrected chi connectivity index (χ1v) is 6.36. The summed E-state index contributed by atoms with van der Waals surface area (Å²) in [5, 5.41) is 22.7. The van der Waals surface area contributed by atoms with Crippen molar-refractivity contribution in [3.8, 4) is 0 Å². The molecule has 1 atom stereocenters. The Morgan fingerprint density at radius 3 is 2.75 bits per heavy atom. The molecule has 2 N–H and O–H groups in total. The van der Waals surface area contributed by atoms with Gasteiger partial charge in [0.2, 0.25) is 0 Å². The summed E-state index contributed by atoms with van der Waals surface area (Å²) < 4.78 is 13.5. The molecule has 0 spiro atoms. The zero-order valence-electron chi connectivity index (χ0n) is 10.9. The average Bonchev–Trinajstić information content (AvgIpc) is 3.14. The van der Waals surface area contributed by atoms with Crippen LogP contribution in [0.3, 0.4) is 0 Å². The Morgan fingerprint density at radius 2 is 2.25 bits per heavy atom. The van der Waals surface area contributed by atoms with Crippen LogP contribution in [0.2, 0.25) is 0 Å². The highest BCUT2D eigenvalue weighted by atomic mass is 19.1. The molecule has 2 rings (SSSR count). The summed E-state index contributed by atoms with van der Waals surface area (Å²) in [6.45, 7) is 1.87.